The van der Waals surface area contributed by atoms with Gasteiger partial charge in [-0.2, -0.15) is 0 Å². The number of hydrogen-bond donors (Lipinski definition) is 0. The van der Waals surface area contributed by atoms with Gasteiger partial charge in [0.15, 0.2) is 0 Å². The molecule has 5 heteroatoms. The first kappa shape index (κ1) is 26.1. The summed E-state index contributed by atoms with van der Waals surface area (Å²) < 4.78 is 4.87. The van der Waals surface area contributed by atoms with Crippen molar-refractivity contribution in [2.75, 3.05) is 12.0 Å². The van der Waals surface area contributed by atoms with E-state index in [0.29, 0.717) is 24.3 Å². The Hall–Kier alpha value is -3.99. The number of aryl methyl sites for hydroxylation is 1. The molecule has 0 spiro atoms. The number of fused-ring (bicyclic) bond motifs is 1. The number of pyridine rings is 1. The number of benzene rings is 3. The number of ether oxygens (including phenoxy) is 1. The van der Waals surface area contributed by atoms with Gasteiger partial charge in [-0.25, -0.2) is 9.78 Å². The monoisotopic (exact) mass is 494 g/mol. The average Bonchev–Trinajstić information content (AvgIpc) is 2.90. The van der Waals surface area contributed by atoms with Crippen LogP contribution < -0.4 is 4.90 Å². The summed E-state index contributed by atoms with van der Waals surface area (Å²) in [7, 11) is 1.36. The van der Waals surface area contributed by atoms with Crippen molar-refractivity contribution in [1.29, 1.82) is 0 Å². The molecule has 0 radical (unpaired) electrons. The van der Waals surface area contributed by atoms with Crippen molar-refractivity contribution in [2.24, 2.45) is 5.41 Å². The van der Waals surface area contributed by atoms with Crippen LogP contribution >= 0.6 is 0 Å². The number of anilines is 1. The number of esters is 1. The van der Waals surface area contributed by atoms with Crippen molar-refractivity contribution >= 4 is 28.5 Å². The van der Waals surface area contributed by atoms with Gasteiger partial charge in [-0.15, -0.1) is 0 Å². The molecule has 37 heavy (non-hydrogen) atoms. The molecule has 0 aliphatic carbocycles. The van der Waals surface area contributed by atoms with Crippen LogP contribution in [0.4, 0.5) is 5.82 Å². The van der Waals surface area contributed by atoms with Crippen molar-refractivity contribution in [2.45, 2.75) is 47.1 Å². The Morgan fingerprint density at radius 2 is 1.49 bits per heavy atom. The van der Waals surface area contributed by atoms with E-state index in [0.717, 1.165) is 28.3 Å². The van der Waals surface area contributed by atoms with E-state index in [2.05, 4.69) is 81.2 Å². The van der Waals surface area contributed by atoms with Crippen LogP contribution in [0.2, 0.25) is 0 Å². The lowest BCUT2D eigenvalue weighted by atomic mass is 9.91. The molecule has 0 saturated carbocycles. The Morgan fingerprint density at radius 3 is 2.05 bits per heavy atom. The van der Waals surface area contributed by atoms with Crippen molar-refractivity contribution in [3.05, 3.63) is 95.7 Å². The van der Waals surface area contributed by atoms with E-state index in [1.807, 2.05) is 12.1 Å². The fourth-order valence-electron chi connectivity index (χ4n) is 4.37. The van der Waals surface area contributed by atoms with Crippen LogP contribution in [-0.4, -0.2) is 24.0 Å². The highest BCUT2D eigenvalue weighted by molar-refractivity contribution is 6.04. The molecule has 1 amide bonds. The molecule has 4 rings (SSSR count). The van der Waals surface area contributed by atoms with Crippen molar-refractivity contribution in [3.63, 3.8) is 0 Å². The van der Waals surface area contributed by atoms with Crippen LogP contribution in [0.25, 0.3) is 21.9 Å². The average molecular weight is 495 g/mol. The van der Waals surface area contributed by atoms with E-state index >= 15 is 0 Å². The summed E-state index contributed by atoms with van der Waals surface area (Å²) >= 11 is 0. The zero-order valence-corrected chi connectivity index (χ0v) is 22.2. The summed E-state index contributed by atoms with van der Waals surface area (Å²) in [4.78, 5) is 32.0. The number of carbonyl (C=O) groups excluding carboxylic acids is 2. The van der Waals surface area contributed by atoms with E-state index in [1.54, 1.807) is 23.2 Å². The number of aromatic nitrogens is 1. The van der Waals surface area contributed by atoms with Crippen LogP contribution in [-0.2, 0) is 22.5 Å². The Bertz CT molecular complexity index is 1400. The third kappa shape index (κ3) is 6.23. The molecule has 0 aliphatic heterocycles. The molecular weight excluding hydrogens is 460 g/mol. The Kier molecular flexibility index (Phi) is 7.72. The predicted molar refractivity (Wildman–Crippen MR) is 150 cm³/mol. The van der Waals surface area contributed by atoms with Crippen LogP contribution in [0.3, 0.4) is 0 Å². The summed E-state index contributed by atoms with van der Waals surface area (Å²) in [6.45, 7) is 8.72. The largest absolute Gasteiger partial charge is 0.465 e. The number of methoxy groups -OCH3 is 1. The highest BCUT2D eigenvalue weighted by atomic mass is 16.5. The van der Waals surface area contributed by atoms with Crippen LogP contribution in [0.5, 0.6) is 0 Å². The summed E-state index contributed by atoms with van der Waals surface area (Å²) in [5, 5.41) is 1.64. The van der Waals surface area contributed by atoms with Gasteiger partial charge >= 0.3 is 5.97 Å². The normalized spacial score (nSPS) is 11.4. The second-order valence-corrected chi connectivity index (χ2v) is 10.5. The van der Waals surface area contributed by atoms with E-state index in [-0.39, 0.29) is 11.3 Å². The standard InChI is InChI=1S/C32H34N2O3/c1-6-22-7-11-24(12-8-22)25-13-9-23(10-14-25)21-34(29(35)20-32(2,3)4)30-28-16-15-27(31(36)37-5)19-26(28)17-18-33-30/h7-19H,6,20-21H2,1-5H3. The van der Waals surface area contributed by atoms with Crippen molar-refractivity contribution < 1.29 is 14.3 Å². The molecule has 3 aromatic carbocycles. The molecule has 0 fully saturated rings. The van der Waals surface area contributed by atoms with Crippen LogP contribution in [0.1, 0.15) is 55.6 Å². The highest BCUT2D eigenvalue weighted by Crippen LogP contribution is 2.30. The molecule has 0 bridgehead atoms. The number of amides is 1. The second kappa shape index (κ2) is 11.0. The van der Waals surface area contributed by atoms with E-state index in [1.165, 1.54) is 18.2 Å². The first-order chi connectivity index (χ1) is 17.7. The first-order valence-electron chi connectivity index (χ1n) is 12.6. The van der Waals surface area contributed by atoms with Gasteiger partial charge in [0.1, 0.15) is 5.82 Å². The molecule has 1 aromatic heterocycles. The smallest absolute Gasteiger partial charge is 0.337 e. The minimum atomic E-state index is -0.398. The maximum absolute atomic E-state index is 13.6. The van der Waals surface area contributed by atoms with E-state index in [4.69, 9.17) is 4.74 Å². The zero-order valence-electron chi connectivity index (χ0n) is 22.2. The zero-order chi connectivity index (χ0) is 26.6. The number of nitrogens with zero attached hydrogens (tertiary/aromatic N) is 2. The predicted octanol–water partition coefficient (Wildman–Crippen LogP) is 7.22. The van der Waals surface area contributed by atoms with Gasteiger partial charge < -0.3 is 4.74 Å². The molecular formula is C32H34N2O3. The molecule has 4 aromatic rings. The number of hydrogen-bond acceptors (Lipinski definition) is 4. The van der Waals surface area contributed by atoms with Gasteiger partial charge in [0.2, 0.25) is 5.91 Å². The van der Waals surface area contributed by atoms with Gasteiger partial charge in [-0.05, 0) is 63.7 Å². The SMILES string of the molecule is CCc1ccc(-c2ccc(CN(C(=O)CC(C)(C)C)c3nccc4cc(C(=O)OC)ccc34)cc2)cc1. The fraction of sp³-hybridized carbons (Fsp3) is 0.281. The quantitative estimate of drug-likeness (QED) is 0.255. The summed E-state index contributed by atoms with van der Waals surface area (Å²) in [6.07, 6.45) is 3.08. The Balaban J connectivity index is 1.69. The van der Waals surface area contributed by atoms with Crippen LogP contribution in [0.15, 0.2) is 79.0 Å². The molecule has 0 saturated heterocycles. The summed E-state index contributed by atoms with van der Waals surface area (Å²) in [5.74, 6) is 0.191. The molecule has 1 heterocycles. The Labute approximate surface area is 219 Å². The topological polar surface area (TPSA) is 59.5 Å². The molecule has 0 unspecified atom stereocenters. The minimum Gasteiger partial charge on any atom is -0.465 e. The summed E-state index contributed by atoms with van der Waals surface area (Å²) in [5.41, 5.74) is 4.92. The molecule has 190 valence electrons. The fourth-order valence-corrected chi connectivity index (χ4v) is 4.37. The molecule has 0 atom stereocenters. The number of carbonyl (C=O) groups is 2. The maximum atomic E-state index is 13.6. The van der Waals surface area contributed by atoms with E-state index < -0.39 is 5.97 Å². The maximum Gasteiger partial charge on any atom is 0.337 e. The van der Waals surface area contributed by atoms with Gasteiger partial charge in [0.05, 0.1) is 19.2 Å². The van der Waals surface area contributed by atoms with Gasteiger partial charge in [-0.1, -0.05) is 76.2 Å². The molecule has 0 aliphatic rings. The second-order valence-electron chi connectivity index (χ2n) is 10.5. The minimum absolute atomic E-state index is 0.00350. The third-order valence-electron chi connectivity index (χ3n) is 6.39. The molecule has 0 N–H and O–H groups in total. The lowest BCUT2D eigenvalue weighted by Gasteiger charge is -2.27. The third-order valence-corrected chi connectivity index (χ3v) is 6.39. The first-order valence-corrected chi connectivity index (χ1v) is 12.6. The number of rotatable bonds is 7. The van der Waals surface area contributed by atoms with Gasteiger partial charge in [-0.3, -0.25) is 9.69 Å². The lowest BCUT2D eigenvalue weighted by molar-refractivity contribution is -0.120. The van der Waals surface area contributed by atoms with Gasteiger partial charge in [0.25, 0.3) is 0 Å². The Morgan fingerprint density at radius 1 is 0.865 bits per heavy atom. The molecule has 5 nitrogen and oxygen atoms in total. The summed E-state index contributed by atoms with van der Waals surface area (Å²) in [6, 6.07) is 24.1. The highest BCUT2D eigenvalue weighted by Gasteiger charge is 2.25. The van der Waals surface area contributed by atoms with Crippen LogP contribution in [0, 0.1) is 5.41 Å². The van der Waals surface area contributed by atoms with Gasteiger partial charge in [0, 0.05) is 18.0 Å². The van der Waals surface area contributed by atoms with Crippen molar-refractivity contribution in [1.82, 2.24) is 4.98 Å². The lowest BCUT2D eigenvalue weighted by Crippen LogP contribution is -2.34. The van der Waals surface area contributed by atoms with Crippen molar-refractivity contribution in [3.8, 4) is 11.1 Å². The van der Waals surface area contributed by atoms with E-state index in [9.17, 15) is 9.59 Å².